The van der Waals surface area contributed by atoms with Crippen molar-refractivity contribution in [2.75, 3.05) is 24.1 Å². The lowest BCUT2D eigenvalue weighted by Crippen LogP contribution is -2.51. The first-order valence-corrected chi connectivity index (χ1v) is 8.14. The van der Waals surface area contributed by atoms with Gasteiger partial charge in [-0.1, -0.05) is 6.07 Å². The Morgan fingerprint density at radius 2 is 2.08 bits per heavy atom. The van der Waals surface area contributed by atoms with E-state index in [4.69, 9.17) is 10.5 Å². The van der Waals surface area contributed by atoms with Crippen LogP contribution in [0.4, 0.5) is 21.0 Å². The molecule has 132 valence electrons. The number of nitrogens with zero attached hydrogens (tertiary/aromatic N) is 1. The van der Waals surface area contributed by atoms with E-state index in [0.717, 1.165) is 12.8 Å². The Bertz CT molecular complexity index is 598. The molecule has 0 unspecified atom stereocenters. The van der Waals surface area contributed by atoms with Crippen LogP contribution in [0, 0.1) is 0 Å². The second-order valence-electron chi connectivity index (χ2n) is 6.99. The molecule has 0 spiro atoms. The lowest BCUT2D eigenvalue weighted by Gasteiger charge is -2.33. The molecular weight excluding hydrogens is 308 g/mol. The maximum atomic E-state index is 12.4. The smallest absolute Gasteiger partial charge is 0.407 e. The number of carbonyl (C=O) groups excluding carboxylic acids is 2. The number of alkyl carbamates (subject to hydrolysis) is 1. The number of nitrogens with two attached hydrogens (primary N) is 1. The molecule has 1 fully saturated rings. The first-order valence-electron chi connectivity index (χ1n) is 8.14. The molecule has 0 aliphatic carbocycles. The fraction of sp³-hybridized carbons (Fsp3) is 0.529. The van der Waals surface area contributed by atoms with Crippen LogP contribution in [0.1, 0.15) is 33.6 Å². The van der Waals surface area contributed by atoms with Crippen molar-refractivity contribution in [3.8, 4) is 0 Å². The average Bonchev–Trinajstić information content (AvgIpc) is 2.45. The molecule has 1 atom stereocenters. The second-order valence-corrected chi connectivity index (χ2v) is 6.99. The topological polar surface area (TPSA) is 96.7 Å². The van der Waals surface area contributed by atoms with Crippen molar-refractivity contribution in [1.29, 1.82) is 0 Å². The maximum Gasteiger partial charge on any atom is 0.407 e. The minimum atomic E-state index is -0.539. The van der Waals surface area contributed by atoms with Gasteiger partial charge in [-0.25, -0.2) is 9.59 Å². The molecule has 0 saturated carbocycles. The number of nitrogen functional groups attached to an aromatic ring is 1. The lowest BCUT2D eigenvalue weighted by molar-refractivity contribution is 0.0480. The van der Waals surface area contributed by atoms with Gasteiger partial charge in [0.15, 0.2) is 0 Å². The number of rotatable bonds is 2. The number of hydrogen-bond donors (Lipinski definition) is 3. The van der Waals surface area contributed by atoms with E-state index in [-0.39, 0.29) is 12.1 Å². The van der Waals surface area contributed by atoms with Crippen LogP contribution in [-0.2, 0) is 4.74 Å². The molecule has 4 N–H and O–H groups in total. The van der Waals surface area contributed by atoms with Crippen LogP contribution in [0.2, 0.25) is 0 Å². The number of likely N-dealkylation sites (tertiary alicyclic amines) is 1. The molecular formula is C17H26N4O3. The Labute approximate surface area is 142 Å². The van der Waals surface area contributed by atoms with Crippen molar-refractivity contribution in [3.63, 3.8) is 0 Å². The zero-order valence-electron chi connectivity index (χ0n) is 14.5. The number of anilines is 2. The van der Waals surface area contributed by atoms with E-state index in [0.29, 0.717) is 24.5 Å². The molecule has 0 bridgehead atoms. The summed E-state index contributed by atoms with van der Waals surface area (Å²) >= 11 is 0. The molecule has 7 nitrogen and oxygen atoms in total. The van der Waals surface area contributed by atoms with Crippen molar-refractivity contribution in [3.05, 3.63) is 24.3 Å². The normalized spacial score (nSPS) is 18.0. The summed E-state index contributed by atoms with van der Waals surface area (Å²) in [6.07, 6.45) is 1.19. The molecule has 7 heteroatoms. The summed E-state index contributed by atoms with van der Waals surface area (Å²) in [7, 11) is 0. The van der Waals surface area contributed by atoms with Gasteiger partial charge in [-0.15, -0.1) is 0 Å². The molecule has 1 aromatic carbocycles. The minimum absolute atomic E-state index is 0.111. The number of hydrogen-bond acceptors (Lipinski definition) is 4. The molecule has 3 amide bonds. The number of piperidine rings is 1. The van der Waals surface area contributed by atoms with Gasteiger partial charge in [0.1, 0.15) is 5.60 Å². The third kappa shape index (κ3) is 5.64. The Kier molecular flexibility index (Phi) is 5.54. The van der Waals surface area contributed by atoms with Crippen LogP contribution in [0.25, 0.3) is 0 Å². The van der Waals surface area contributed by atoms with E-state index in [2.05, 4.69) is 10.6 Å². The van der Waals surface area contributed by atoms with Crippen LogP contribution in [-0.4, -0.2) is 41.8 Å². The standard InChI is InChI=1S/C17H26N4O3/c1-17(2,3)24-16(23)20-14-8-5-9-21(11-14)15(22)19-13-7-4-6-12(18)10-13/h4,6-7,10,14H,5,8-9,11,18H2,1-3H3,(H,19,22)(H,20,23)/t14-/m1/s1. The van der Waals surface area contributed by atoms with Crippen LogP contribution in [0.15, 0.2) is 24.3 Å². The van der Waals surface area contributed by atoms with Crippen LogP contribution in [0.5, 0.6) is 0 Å². The largest absolute Gasteiger partial charge is 0.444 e. The minimum Gasteiger partial charge on any atom is -0.444 e. The highest BCUT2D eigenvalue weighted by molar-refractivity contribution is 5.90. The predicted molar refractivity (Wildman–Crippen MR) is 93.8 cm³/mol. The molecule has 24 heavy (non-hydrogen) atoms. The number of nitrogens with one attached hydrogen (secondary N) is 2. The Balaban J connectivity index is 1.88. The molecule has 1 aromatic rings. The van der Waals surface area contributed by atoms with E-state index in [1.807, 2.05) is 20.8 Å². The highest BCUT2D eigenvalue weighted by atomic mass is 16.6. The number of ether oxygens (including phenoxy) is 1. The van der Waals surface area contributed by atoms with Crippen molar-refractivity contribution in [2.45, 2.75) is 45.3 Å². The van der Waals surface area contributed by atoms with E-state index in [1.165, 1.54) is 0 Å². The van der Waals surface area contributed by atoms with E-state index in [1.54, 1.807) is 29.2 Å². The van der Waals surface area contributed by atoms with Gasteiger partial charge in [0.25, 0.3) is 0 Å². The van der Waals surface area contributed by atoms with Crippen molar-refractivity contribution in [1.82, 2.24) is 10.2 Å². The summed E-state index contributed by atoms with van der Waals surface area (Å²) in [5.41, 5.74) is 6.42. The Hall–Kier alpha value is -2.44. The van der Waals surface area contributed by atoms with Gasteiger partial charge in [0, 0.05) is 30.5 Å². The second kappa shape index (κ2) is 7.42. The summed E-state index contributed by atoms with van der Waals surface area (Å²) in [4.78, 5) is 25.9. The third-order valence-corrected chi connectivity index (χ3v) is 3.57. The summed E-state index contributed by atoms with van der Waals surface area (Å²) in [6.45, 7) is 6.56. The van der Waals surface area contributed by atoms with E-state index in [9.17, 15) is 9.59 Å². The molecule has 1 aliphatic rings. The lowest BCUT2D eigenvalue weighted by atomic mass is 10.1. The first-order chi connectivity index (χ1) is 11.2. The molecule has 2 rings (SSSR count). The van der Waals surface area contributed by atoms with Gasteiger partial charge in [-0.3, -0.25) is 0 Å². The quantitative estimate of drug-likeness (QED) is 0.725. The zero-order chi connectivity index (χ0) is 17.7. The van der Waals surface area contributed by atoms with Crippen LogP contribution < -0.4 is 16.4 Å². The van der Waals surface area contributed by atoms with Crippen molar-refractivity contribution in [2.24, 2.45) is 0 Å². The van der Waals surface area contributed by atoms with Crippen molar-refractivity contribution < 1.29 is 14.3 Å². The SMILES string of the molecule is CC(C)(C)OC(=O)N[C@@H]1CCCN(C(=O)Nc2cccc(N)c2)C1. The fourth-order valence-electron chi connectivity index (χ4n) is 2.57. The van der Waals surface area contributed by atoms with E-state index >= 15 is 0 Å². The van der Waals surface area contributed by atoms with Crippen LogP contribution in [0.3, 0.4) is 0 Å². The van der Waals surface area contributed by atoms with Gasteiger partial charge in [0.05, 0.1) is 0 Å². The summed E-state index contributed by atoms with van der Waals surface area (Å²) in [6, 6.07) is 6.73. The van der Waals surface area contributed by atoms with Gasteiger partial charge >= 0.3 is 12.1 Å². The van der Waals surface area contributed by atoms with Gasteiger partial charge in [-0.2, -0.15) is 0 Å². The maximum absolute atomic E-state index is 12.4. The number of amides is 3. The fourth-order valence-corrected chi connectivity index (χ4v) is 2.57. The monoisotopic (exact) mass is 334 g/mol. The Morgan fingerprint density at radius 1 is 1.33 bits per heavy atom. The van der Waals surface area contributed by atoms with Crippen molar-refractivity contribution >= 4 is 23.5 Å². The molecule has 0 aromatic heterocycles. The van der Waals surface area contributed by atoms with Crippen LogP contribution >= 0.6 is 0 Å². The summed E-state index contributed by atoms with van der Waals surface area (Å²) in [5.74, 6) is 0. The number of benzene rings is 1. The molecule has 1 heterocycles. The number of urea groups is 1. The zero-order valence-corrected chi connectivity index (χ0v) is 14.5. The Morgan fingerprint density at radius 3 is 2.75 bits per heavy atom. The molecule has 0 radical (unpaired) electrons. The van der Waals surface area contributed by atoms with Gasteiger partial charge in [0.2, 0.25) is 0 Å². The highest BCUT2D eigenvalue weighted by Gasteiger charge is 2.26. The number of carbonyl (C=O) groups is 2. The average molecular weight is 334 g/mol. The molecule has 1 saturated heterocycles. The third-order valence-electron chi connectivity index (χ3n) is 3.57. The molecule has 1 aliphatic heterocycles. The van der Waals surface area contributed by atoms with E-state index < -0.39 is 11.7 Å². The first kappa shape index (κ1) is 17.9. The predicted octanol–water partition coefficient (Wildman–Crippen LogP) is 2.79. The van der Waals surface area contributed by atoms with Gasteiger partial charge in [-0.05, 0) is 51.8 Å². The summed E-state index contributed by atoms with van der Waals surface area (Å²) < 4.78 is 5.26. The van der Waals surface area contributed by atoms with Gasteiger partial charge < -0.3 is 26.0 Å². The summed E-state index contributed by atoms with van der Waals surface area (Å²) in [5, 5.41) is 5.66. The highest BCUT2D eigenvalue weighted by Crippen LogP contribution is 2.16.